The van der Waals surface area contributed by atoms with Gasteiger partial charge in [0.1, 0.15) is 6.79 Å². The van der Waals surface area contributed by atoms with Crippen LogP contribution in [0.15, 0.2) is 45.3 Å². The molecule has 0 N–H and O–H groups in total. The van der Waals surface area contributed by atoms with Crippen molar-refractivity contribution >= 4 is 31.9 Å². The van der Waals surface area contributed by atoms with E-state index in [1.807, 2.05) is 12.1 Å². The normalized spacial score (nSPS) is 13.6. The minimum Gasteiger partial charge on any atom is -0.359 e. The third-order valence-electron chi connectivity index (χ3n) is 4.85. The van der Waals surface area contributed by atoms with E-state index in [2.05, 4.69) is 74.9 Å². The van der Waals surface area contributed by atoms with Crippen molar-refractivity contribution in [3.63, 3.8) is 0 Å². The lowest BCUT2D eigenvalue weighted by atomic mass is 9.91. The van der Waals surface area contributed by atoms with Gasteiger partial charge in [0.05, 0.1) is 0 Å². The molecular formula is C23H24Br2O2. The highest BCUT2D eigenvalue weighted by atomic mass is 79.9. The Labute approximate surface area is 178 Å². The van der Waals surface area contributed by atoms with Gasteiger partial charge in [0.25, 0.3) is 0 Å². The molecule has 0 aromatic heterocycles. The van der Waals surface area contributed by atoms with Gasteiger partial charge in [-0.15, -0.1) is 0 Å². The lowest BCUT2D eigenvalue weighted by Gasteiger charge is -2.26. The van der Waals surface area contributed by atoms with Crippen LogP contribution in [0.25, 0.3) is 11.1 Å². The topological polar surface area (TPSA) is 18.5 Å². The zero-order valence-electron chi connectivity index (χ0n) is 15.8. The molecule has 0 heterocycles. The van der Waals surface area contributed by atoms with Crippen LogP contribution in [-0.4, -0.2) is 13.9 Å². The Kier molecular flexibility index (Phi) is 7.16. The van der Waals surface area contributed by atoms with Crippen LogP contribution in [0.4, 0.5) is 0 Å². The molecule has 2 aromatic rings. The van der Waals surface area contributed by atoms with E-state index in [1.54, 1.807) is 7.11 Å². The first kappa shape index (κ1) is 20.6. The number of hydrogen-bond donors (Lipinski definition) is 0. The van der Waals surface area contributed by atoms with E-state index in [-0.39, 0.29) is 6.79 Å². The van der Waals surface area contributed by atoms with Gasteiger partial charge >= 0.3 is 0 Å². The van der Waals surface area contributed by atoms with E-state index >= 15 is 0 Å². The fourth-order valence-electron chi connectivity index (χ4n) is 3.59. The molecule has 0 fully saturated rings. The zero-order valence-corrected chi connectivity index (χ0v) is 19.0. The lowest BCUT2D eigenvalue weighted by Crippen LogP contribution is -2.28. The van der Waals surface area contributed by atoms with Crippen LogP contribution in [0.3, 0.4) is 0 Å². The highest BCUT2D eigenvalue weighted by Gasteiger charge is 2.45. The third-order valence-corrected chi connectivity index (χ3v) is 6.17. The summed E-state index contributed by atoms with van der Waals surface area (Å²) in [5.41, 5.74) is 3.60. The number of ether oxygens (including phenoxy) is 2. The molecule has 0 bridgehead atoms. The van der Waals surface area contributed by atoms with Crippen LogP contribution in [0, 0.1) is 11.8 Å². The van der Waals surface area contributed by atoms with Gasteiger partial charge in [0, 0.05) is 44.7 Å². The van der Waals surface area contributed by atoms with Crippen molar-refractivity contribution in [3.8, 4) is 23.0 Å². The Bertz CT molecular complexity index is 813. The summed E-state index contributed by atoms with van der Waals surface area (Å²) >= 11 is 7.45. The number of halogens is 2. The van der Waals surface area contributed by atoms with Gasteiger partial charge in [-0.1, -0.05) is 94.2 Å². The van der Waals surface area contributed by atoms with Crippen molar-refractivity contribution in [1.29, 1.82) is 0 Å². The Morgan fingerprint density at radius 3 is 2.11 bits per heavy atom. The lowest BCUT2D eigenvalue weighted by molar-refractivity contribution is -0.0877. The van der Waals surface area contributed by atoms with Gasteiger partial charge in [0.2, 0.25) is 0 Å². The van der Waals surface area contributed by atoms with Crippen LogP contribution in [0.2, 0.25) is 0 Å². The highest BCUT2D eigenvalue weighted by Crippen LogP contribution is 2.54. The first-order chi connectivity index (χ1) is 13.2. The molecule has 142 valence electrons. The van der Waals surface area contributed by atoms with Gasteiger partial charge in [-0.2, -0.15) is 0 Å². The number of fused-ring (bicyclic) bond motifs is 3. The Balaban J connectivity index is 2.09. The summed E-state index contributed by atoms with van der Waals surface area (Å²) < 4.78 is 13.6. The Hall–Kier alpha value is -1.12. The first-order valence-corrected chi connectivity index (χ1v) is 11.0. The predicted molar refractivity (Wildman–Crippen MR) is 118 cm³/mol. The van der Waals surface area contributed by atoms with Crippen molar-refractivity contribution in [2.45, 2.75) is 44.6 Å². The monoisotopic (exact) mass is 490 g/mol. The largest absolute Gasteiger partial charge is 0.359 e. The van der Waals surface area contributed by atoms with E-state index in [9.17, 15) is 0 Å². The van der Waals surface area contributed by atoms with Crippen LogP contribution in [0.5, 0.6) is 0 Å². The smallest absolute Gasteiger partial charge is 0.183 e. The second-order valence-electron chi connectivity index (χ2n) is 6.67. The molecule has 2 aromatic carbocycles. The summed E-state index contributed by atoms with van der Waals surface area (Å²) in [6.07, 6.45) is 5.72. The van der Waals surface area contributed by atoms with Crippen molar-refractivity contribution < 1.29 is 9.47 Å². The molecule has 0 radical (unpaired) electrons. The van der Waals surface area contributed by atoms with E-state index in [0.29, 0.717) is 0 Å². The van der Waals surface area contributed by atoms with E-state index in [4.69, 9.17) is 9.47 Å². The van der Waals surface area contributed by atoms with Crippen molar-refractivity contribution in [3.05, 3.63) is 56.5 Å². The van der Waals surface area contributed by atoms with Crippen molar-refractivity contribution in [2.75, 3.05) is 13.9 Å². The second-order valence-corrected chi connectivity index (χ2v) is 8.38. The standard InChI is InChI=1S/C23H24Br2O2/c1-3-4-5-6-7-8-15-23(27-16-26-2)17-11-9-13-19(24)21(17)22-18(23)12-10-14-20(22)25/h9-14H,3-7,16H2,1-2H3. The van der Waals surface area contributed by atoms with Gasteiger partial charge in [-0.25, -0.2) is 0 Å². The molecule has 0 saturated carbocycles. The molecule has 0 saturated heterocycles. The maximum absolute atomic E-state index is 6.29. The number of methoxy groups -OCH3 is 1. The highest BCUT2D eigenvalue weighted by molar-refractivity contribution is 9.11. The number of unbranched alkanes of at least 4 members (excludes halogenated alkanes) is 4. The summed E-state index contributed by atoms with van der Waals surface area (Å²) in [5, 5.41) is 0. The second kappa shape index (κ2) is 9.39. The molecule has 0 spiro atoms. The van der Waals surface area contributed by atoms with Gasteiger partial charge in [0.15, 0.2) is 5.60 Å². The number of rotatable bonds is 7. The van der Waals surface area contributed by atoms with Crippen molar-refractivity contribution in [2.24, 2.45) is 0 Å². The molecule has 1 aliphatic carbocycles. The molecule has 2 nitrogen and oxygen atoms in total. The average Bonchev–Trinajstić information content (AvgIpc) is 2.96. The molecule has 4 heteroatoms. The third kappa shape index (κ3) is 4.03. The van der Waals surface area contributed by atoms with Crippen LogP contribution in [0.1, 0.15) is 50.2 Å². The van der Waals surface area contributed by atoms with Gasteiger partial charge in [-0.05, 0) is 18.6 Å². The molecule has 3 rings (SSSR count). The minimum absolute atomic E-state index is 0.183. The fourth-order valence-corrected chi connectivity index (χ4v) is 4.72. The molecule has 27 heavy (non-hydrogen) atoms. The summed E-state index contributed by atoms with van der Waals surface area (Å²) in [7, 11) is 1.64. The van der Waals surface area contributed by atoms with Crippen LogP contribution >= 0.6 is 31.9 Å². The number of hydrogen-bond acceptors (Lipinski definition) is 2. The summed E-state index contributed by atoms with van der Waals surface area (Å²) in [6, 6.07) is 12.4. The summed E-state index contributed by atoms with van der Waals surface area (Å²) in [6.45, 7) is 2.41. The van der Waals surface area contributed by atoms with E-state index in [1.165, 1.54) is 19.3 Å². The summed E-state index contributed by atoms with van der Waals surface area (Å²) in [4.78, 5) is 0. The van der Waals surface area contributed by atoms with Crippen LogP contribution < -0.4 is 0 Å². The average molecular weight is 492 g/mol. The predicted octanol–water partition coefficient (Wildman–Crippen LogP) is 7.03. The number of benzene rings is 2. The van der Waals surface area contributed by atoms with Gasteiger partial charge < -0.3 is 9.47 Å². The SMILES string of the molecule is CCCCCCC#CC1(OCOC)c2cccc(Br)c2-c2c(Br)cccc21. The maximum atomic E-state index is 6.29. The minimum atomic E-state index is -0.807. The molecule has 0 unspecified atom stereocenters. The summed E-state index contributed by atoms with van der Waals surface area (Å²) in [5.74, 6) is 6.88. The molecule has 0 amide bonds. The zero-order chi connectivity index (χ0) is 19.3. The molecule has 1 aliphatic rings. The molecule has 0 aliphatic heterocycles. The van der Waals surface area contributed by atoms with Gasteiger partial charge in [-0.3, -0.25) is 0 Å². The maximum Gasteiger partial charge on any atom is 0.183 e. The first-order valence-electron chi connectivity index (χ1n) is 9.37. The fraction of sp³-hybridized carbons (Fsp3) is 0.391. The van der Waals surface area contributed by atoms with Crippen molar-refractivity contribution in [1.82, 2.24) is 0 Å². The quantitative estimate of drug-likeness (QED) is 0.235. The Morgan fingerprint density at radius 2 is 1.56 bits per heavy atom. The van der Waals surface area contributed by atoms with E-state index in [0.717, 1.165) is 44.0 Å². The van der Waals surface area contributed by atoms with E-state index < -0.39 is 5.60 Å². The molecular weight excluding hydrogens is 468 g/mol. The van der Waals surface area contributed by atoms with Crippen LogP contribution in [-0.2, 0) is 15.1 Å². The molecule has 0 atom stereocenters. The Morgan fingerprint density at radius 1 is 0.926 bits per heavy atom.